The van der Waals surface area contributed by atoms with Crippen molar-refractivity contribution in [2.24, 2.45) is 0 Å². The zero-order valence-electron chi connectivity index (χ0n) is 14.7. The average molecular weight is 434 g/mol. The van der Waals surface area contributed by atoms with Crippen molar-refractivity contribution >= 4 is 21.8 Å². The zero-order valence-corrected chi connectivity index (χ0v) is 16.3. The van der Waals surface area contributed by atoms with Crippen LogP contribution in [0.1, 0.15) is 27.5 Å². The van der Waals surface area contributed by atoms with Gasteiger partial charge in [-0.2, -0.15) is 0 Å². The molecule has 0 bridgehead atoms. The lowest BCUT2D eigenvalue weighted by atomic mass is 9.98. The van der Waals surface area contributed by atoms with E-state index in [4.69, 9.17) is 0 Å². The Hall–Kier alpha value is -3.32. The van der Waals surface area contributed by atoms with E-state index >= 15 is 0 Å². The standard InChI is InChI=1S/C21H16BrN5O/c22-18-10-6-16(7-11-18)20(15-4-2-1-3-5-15)24-21(28)17-8-12-19(13-9-17)27-14-23-25-26-27/h1-14,20H,(H,24,28). The Labute approximate surface area is 170 Å². The highest BCUT2D eigenvalue weighted by Crippen LogP contribution is 2.24. The average Bonchev–Trinajstić information content (AvgIpc) is 3.28. The van der Waals surface area contributed by atoms with Crippen molar-refractivity contribution in [3.05, 3.63) is 106 Å². The molecule has 0 spiro atoms. The number of hydrogen-bond donors (Lipinski definition) is 1. The number of hydrogen-bond acceptors (Lipinski definition) is 4. The van der Waals surface area contributed by atoms with E-state index in [0.717, 1.165) is 21.3 Å². The first kappa shape index (κ1) is 18.1. The smallest absolute Gasteiger partial charge is 0.252 e. The quantitative estimate of drug-likeness (QED) is 0.517. The van der Waals surface area contributed by atoms with Gasteiger partial charge in [-0.1, -0.05) is 58.4 Å². The molecule has 0 saturated heterocycles. The van der Waals surface area contributed by atoms with E-state index in [1.807, 2.05) is 66.7 Å². The maximum Gasteiger partial charge on any atom is 0.252 e. The fourth-order valence-corrected chi connectivity index (χ4v) is 3.18. The minimum atomic E-state index is -0.249. The Morgan fingerprint density at radius 1 is 0.893 bits per heavy atom. The van der Waals surface area contributed by atoms with Gasteiger partial charge in [-0.05, 0) is 58.0 Å². The first-order valence-corrected chi connectivity index (χ1v) is 9.45. The van der Waals surface area contributed by atoms with Gasteiger partial charge in [0.15, 0.2) is 0 Å². The maximum atomic E-state index is 12.9. The monoisotopic (exact) mass is 433 g/mol. The number of nitrogens with zero attached hydrogens (tertiary/aromatic N) is 4. The molecule has 0 aliphatic rings. The van der Waals surface area contributed by atoms with Crippen molar-refractivity contribution in [2.45, 2.75) is 6.04 Å². The third-order valence-corrected chi connectivity index (χ3v) is 4.88. The highest BCUT2D eigenvalue weighted by Gasteiger charge is 2.18. The van der Waals surface area contributed by atoms with Gasteiger partial charge in [-0.25, -0.2) is 4.68 Å². The van der Waals surface area contributed by atoms with Crippen LogP contribution in [0.3, 0.4) is 0 Å². The molecule has 1 heterocycles. The summed E-state index contributed by atoms with van der Waals surface area (Å²) < 4.78 is 2.53. The van der Waals surface area contributed by atoms with Crippen molar-refractivity contribution in [3.8, 4) is 5.69 Å². The lowest BCUT2D eigenvalue weighted by Gasteiger charge is -2.20. The Kier molecular flexibility index (Phi) is 5.25. The van der Waals surface area contributed by atoms with E-state index in [9.17, 15) is 4.79 Å². The van der Waals surface area contributed by atoms with Crippen molar-refractivity contribution in [1.82, 2.24) is 25.5 Å². The van der Waals surface area contributed by atoms with Crippen LogP contribution in [0.25, 0.3) is 5.69 Å². The molecule has 1 aromatic heterocycles. The van der Waals surface area contributed by atoms with Gasteiger partial charge in [0.2, 0.25) is 0 Å². The molecule has 28 heavy (non-hydrogen) atoms. The van der Waals surface area contributed by atoms with Crippen LogP contribution in [-0.2, 0) is 0 Å². The van der Waals surface area contributed by atoms with Gasteiger partial charge in [-0.3, -0.25) is 4.79 Å². The van der Waals surface area contributed by atoms with Crippen molar-refractivity contribution in [2.75, 3.05) is 0 Å². The summed E-state index contributed by atoms with van der Waals surface area (Å²) in [5.41, 5.74) is 3.38. The summed E-state index contributed by atoms with van der Waals surface area (Å²) in [5.74, 6) is -0.153. The predicted molar refractivity (Wildman–Crippen MR) is 109 cm³/mol. The molecule has 4 aromatic rings. The molecular formula is C21H16BrN5O. The fourth-order valence-electron chi connectivity index (χ4n) is 2.92. The minimum absolute atomic E-state index is 0.153. The molecule has 3 aromatic carbocycles. The topological polar surface area (TPSA) is 72.7 Å². The number of halogens is 1. The zero-order chi connectivity index (χ0) is 19.3. The van der Waals surface area contributed by atoms with Crippen LogP contribution in [0.2, 0.25) is 0 Å². The molecule has 0 aliphatic heterocycles. The highest BCUT2D eigenvalue weighted by molar-refractivity contribution is 9.10. The summed E-state index contributed by atoms with van der Waals surface area (Å²) in [4.78, 5) is 12.9. The molecule has 0 saturated carbocycles. The van der Waals surface area contributed by atoms with Crippen LogP contribution >= 0.6 is 15.9 Å². The molecule has 0 aliphatic carbocycles. The van der Waals surface area contributed by atoms with Crippen molar-refractivity contribution < 1.29 is 4.79 Å². The second-order valence-corrected chi connectivity index (χ2v) is 7.09. The second-order valence-electron chi connectivity index (χ2n) is 6.17. The highest BCUT2D eigenvalue weighted by atomic mass is 79.9. The summed E-state index contributed by atoms with van der Waals surface area (Å²) in [5, 5.41) is 14.2. The molecule has 1 atom stereocenters. The SMILES string of the molecule is O=C(NC(c1ccccc1)c1ccc(Br)cc1)c1ccc(-n2cnnn2)cc1. The van der Waals surface area contributed by atoms with Gasteiger partial charge >= 0.3 is 0 Å². The summed E-state index contributed by atoms with van der Waals surface area (Å²) in [6.07, 6.45) is 1.51. The first-order valence-electron chi connectivity index (χ1n) is 8.65. The molecule has 4 rings (SSSR count). The van der Waals surface area contributed by atoms with Crippen molar-refractivity contribution in [3.63, 3.8) is 0 Å². The summed E-state index contributed by atoms with van der Waals surface area (Å²) in [6, 6.07) is 24.7. The Morgan fingerprint density at radius 2 is 1.57 bits per heavy atom. The van der Waals surface area contributed by atoms with Crippen LogP contribution in [0.5, 0.6) is 0 Å². The molecule has 1 amide bonds. The largest absolute Gasteiger partial charge is 0.341 e. The van der Waals surface area contributed by atoms with Crippen LogP contribution in [0.15, 0.2) is 89.7 Å². The molecule has 0 radical (unpaired) electrons. The molecule has 0 fully saturated rings. The Morgan fingerprint density at radius 3 is 2.21 bits per heavy atom. The number of rotatable bonds is 5. The third kappa shape index (κ3) is 3.99. The summed E-state index contributed by atoms with van der Waals surface area (Å²) in [6.45, 7) is 0. The van der Waals surface area contributed by atoms with Gasteiger partial charge in [-0.15, -0.1) is 5.10 Å². The second kappa shape index (κ2) is 8.14. The van der Waals surface area contributed by atoms with E-state index in [-0.39, 0.29) is 11.9 Å². The number of carbonyl (C=O) groups is 1. The fraction of sp³-hybridized carbons (Fsp3) is 0.0476. The van der Waals surface area contributed by atoms with Gasteiger partial charge < -0.3 is 5.32 Å². The van der Waals surface area contributed by atoms with Crippen molar-refractivity contribution in [1.29, 1.82) is 0 Å². The predicted octanol–water partition coefficient (Wildman–Crippen LogP) is 3.94. The van der Waals surface area contributed by atoms with Gasteiger partial charge in [0.1, 0.15) is 6.33 Å². The van der Waals surface area contributed by atoms with Crippen LogP contribution < -0.4 is 5.32 Å². The van der Waals surface area contributed by atoms with Gasteiger partial charge in [0, 0.05) is 10.0 Å². The minimum Gasteiger partial charge on any atom is -0.341 e. The Bertz CT molecular complexity index is 1050. The molecule has 7 heteroatoms. The number of amides is 1. The number of carbonyl (C=O) groups excluding carboxylic acids is 1. The van der Waals surface area contributed by atoms with Crippen LogP contribution in [0, 0.1) is 0 Å². The molecule has 1 unspecified atom stereocenters. The van der Waals surface area contributed by atoms with E-state index in [1.165, 1.54) is 11.0 Å². The maximum absolute atomic E-state index is 12.9. The summed E-state index contributed by atoms with van der Waals surface area (Å²) in [7, 11) is 0. The lowest BCUT2D eigenvalue weighted by Crippen LogP contribution is -2.29. The normalized spacial score (nSPS) is 11.8. The van der Waals surface area contributed by atoms with Gasteiger partial charge in [0.25, 0.3) is 5.91 Å². The number of benzene rings is 3. The number of aromatic nitrogens is 4. The van der Waals surface area contributed by atoms with E-state index < -0.39 is 0 Å². The molecule has 6 nitrogen and oxygen atoms in total. The third-order valence-electron chi connectivity index (χ3n) is 4.35. The van der Waals surface area contributed by atoms with Crippen LogP contribution in [0.4, 0.5) is 0 Å². The molecular weight excluding hydrogens is 418 g/mol. The summed E-state index contributed by atoms with van der Waals surface area (Å²) >= 11 is 3.46. The van der Waals surface area contributed by atoms with Gasteiger partial charge in [0.05, 0.1) is 11.7 Å². The van der Waals surface area contributed by atoms with E-state index in [0.29, 0.717) is 5.56 Å². The lowest BCUT2D eigenvalue weighted by molar-refractivity contribution is 0.0943. The Balaban J connectivity index is 1.59. The van der Waals surface area contributed by atoms with E-state index in [2.05, 4.69) is 36.8 Å². The molecule has 138 valence electrons. The number of nitrogens with one attached hydrogen (secondary N) is 1. The molecule has 1 N–H and O–H groups in total. The van der Waals surface area contributed by atoms with E-state index in [1.54, 1.807) is 12.1 Å². The first-order chi connectivity index (χ1) is 13.7. The van der Waals surface area contributed by atoms with Crippen LogP contribution in [-0.4, -0.2) is 26.1 Å². The number of tetrazole rings is 1.